The normalized spacial score (nSPS) is 22.5. The molecule has 19 heavy (non-hydrogen) atoms. The van der Waals surface area contributed by atoms with Gasteiger partial charge in [0.25, 0.3) is 0 Å². The molecule has 5 nitrogen and oxygen atoms in total. The molecule has 1 unspecified atom stereocenters. The van der Waals surface area contributed by atoms with E-state index in [2.05, 4.69) is 5.32 Å². The van der Waals surface area contributed by atoms with Crippen molar-refractivity contribution < 1.29 is 14.2 Å². The lowest BCUT2D eigenvalue weighted by Gasteiger charge is -2.06. The number of alkyl halides is 1. The Morgan fingerprint density at radius 2 is 2.11 bits per heavy atom. The molecule has 2 N–H and O–H groups in total. The summed E-state index contributed by atoms with van der Waals surface area (Å²) in [5.41, 5.74) is 1.08. The molecule has 112 valence electrons. The van der Waals surface area contributed by atoms with Crippen molar-refractivity contribution in [3.63, 3.8) is 0 Å². The summed E-state index contributed by atoms with van der Waals surface area (Å²) in [4.78, 5) is 14.0. The number of aliphatic hydroxyl groups excluding tert-OH is 1. The van der Waals surface area contributed by atoms with Crippen LogP contribution in [0.15, 0.2) is 23.8 Å². The van der Waals surface area contributed by atoms with Gasteiger partial charge in [0.15, 0.2) is 0 Å². The Kier molecular flexibility index (Phi) is 15.9. The van der Waals surface area contributed by atoms with Gasteiger partial charge in [0.1, 0.15) is 12.3 Å². The Bertz CT molecular complexity index is 253. The lowest BCUT2D eigenvalue weighted by molar-refractivity contribution is 0.0647. The summed E-state index contributed by atoms with van der Waals surface area (Å²) in [7, 11) is 1.53. The molecule has 1 fully saturated rings. The maximum Gasteiger partial charge on any atom is 0.140 e. The summed E-state index contributed by atoms with van der Waals surface area (Å²) in [6.07, 6.45) is 5.75. The van der Waals surface area contributed by atoms with Crippen molar-refractivity contribution in [3.05, 3.63) is 33.7 Å². The van der Waals surface area contributed by atoms with E-state index in [4.69, 9.17) is 19.8 Å². The number of ether oxygens (including phenoxy) is 1. The minimum Gasteiger partial charge on any atom is -0.392 e. The fraction of sp³-hybridized carbons (Fsp3) is 0.692. The van der Waals surface area contributed by atoms with Crippen LogP contribution in [0.25, 0.3) is 0 Å². The van der Waals surface area contributed by atoms with E-state index in [9.17, 15) is 4.39 Å². The minimum atomic E-state index is -0.806. The Labute approximate surface area is 113 Å². The molecule has 0 bridgehead atoms. The van der Waals surface area contributed by atoms with E-state index in [0.29, 0.717) is 13.1 Å². The molecule has 1 aliphatic rings. The maximum atomic E-state index is 12.4. The van der Waals surface area contributed by atoms with Gasteiger partial charge in [-0.2, -0.15) is 0 Å². The molecular formula is C13H24FNO4. The number of aliphatic hydroxyl groups is 1. The lowest BCUT2D eigenvalue weighted by Crippen LogP contribution is -2.21. The van der Waals surface area contributed by atoms with E-state index < -0.39 is 6.17 Å². The number of rotatable bonds is 4. The van der Waals surface area contributed by atoms with Gasteiger partial charge in [-0.25, -0.2) is 4.39 Å². The number of allylic oxidation sites excluding steroid dienone is 3. The summed E-state index contributed by atoms with van der Waals surface area (Å²) < 4.78 is 17.2. The summed E-state index contributed by atoms with van der Waals surface area (Å²) in [5.74, 6) is 0. The van der Waals surface area contributed by atoms with Crippen LogP contribution in [0.4, 0.5) is 4.39 Å². The molecule has 0 amide bonds. The molecular weight excluding hydrogens is 253 g/mol. The minimum absolute atomic E-state index is 0.181. The second-order valence-electron chi connectivity index (χ2n) is 3.81. The first-order chi connectivity index (χ1) is 9.19. The Hall–Kier alpha value is -1.11. The maximum absolute atomic E-state index is 12.4. The molecule has 0 aromatic carbocycles. The Morgan fingerprint density at radius 1 is 1.47 bits per heavy atom. The highest BCUT2D eigenvalue weighted by Gasteiger charge is 2.25. The van der Waals surface area contributed by atoms with Crippen LogP contribution in [0.2, 0.25) is 0 Å². The highest BCUT2D eigenvalue weighted by Crippen LogP contribution is 2.06. The third-order valence-corrected chi connectivity index (χ3v) is 2.57. The lowest BCUT2D eigenvalue weighted by atomic mass is 10.2. The molecule has 2 atom stereocenters. The van der Waals surface area contributed by atoms with Crippen molar-refractivity contribution in [1.82, 2.24) is 5.32 Å². The number of hydrogen-bond donors (Lipinski definition) is 2. The molecule has 0 aromatic rings. The third kappa shape index (κ3) is 10.5. The molecule has 0 radical (unpaired) electrons. The molecule has 1 heterocycles. The van der Waals surface area contributed by atoms with Crippen molar-refractivity contribution in [3.8, 4) is 0 Å². The number of methoxy groups -OCH3 is 1. The second-order valence-corrected chi connectivity index (χ2v) is 3.81. The van der Waals surface area contributed by atoms with Gasteiger partial charge in [0.05, 0.1) is 6.61 Å². The fourth-order valence-corrected chi connectivity index (χ4v) is 1.37. The molecule has 0 aromatic heterocycles. The van der Waals surface area contributed by atoms with Gasteiger partial charge in [0.2, 0.25) is 0 Å². The summed E-state index contributed by atoms with van der Waals surface area (Å²) in [6.45, 7) is 5.27. The van der Waals surface area contributed by atoms with Gasteiger partial charge >= 0.3 is 0 Å². The van der Waals surface area contributed by atoms with Crippen LogP contribution in [-0.4, -0.2) is 44.2 Å². The Morgan fingerprint density at radius 3 is 2.37 bits per heavy atom. The van der Waals surface area contributed by atoms with E-state index in [1.807, 2.05) is 32.1 Å². The number of nitrogens with one attached hydrogen (secondary N) is 1. The zero-order valence-corrected chi connectivity index (χ0v) is 11.8. The van der Waals surface area contributed by atoms with Crippen LogP contribution in [0, 0.1) is 9.93 Å². The summed E-state index contributed by atoms with van der Waals surface area (Å²) in [5, 5.41) is 11.5. The van der Waals surface area contributed by atoms with Crippen molar-refractivity contribution in [1.29, 1.82) is 0 Å². The summed E-state index contributed by atoms with van der Waals surface area (Å²) in [6, 6.07) is 0. The standard InChI is InChI=1S/C8H14O.C5H10FNO.O2/c1-3-5-6-8(4-2)7-9;1-8-5-3-7-2-4(5)6;1-2/h3,5-6,9H,4,7H2,1-2H3;4-5,7H,2-3H2,1H3;/b5-3-,8-6+;;/t;4-,5?;/m.1./s1. The highest BCUT2D eigenvalue weighted by molar-refractivity contribution is 5.11. The number of hydrogen-bond acceptors (Lipinski definition) is 5. The molecule has 0 aliphatic carbocycles. The van der Waals surface area contributed by atoms with Gasteiger partial charge in [-0.05, 0) is 18.9 Å². The first-order valence-electron chi connectivity index (χ1n) is 6.15. The van der Waals surface area contributed by atoms with Crippen LogP contribution in [0.3, 0.4) is 0 Å². The molecule has 0 spiro atoms. The van der Waals surface area contributed by atoms with E-state index in [1.54, 1.807) is 0 Å². The second kappa shape index (κ2) is 14.9. The smallest absolute Gasteiger partial charge is 0.140 e. The SMILES string of the molecule is C/C=C\C=C(/CC)CO.COC1CNC[C@H]1F.O=O. The van der Waals surface area contributed by atoms with Gasteiger partial charge in [-0.1, -0.05) is 25.2 Å². The van der Waals surface area contributed by atoms with Gasteiger partial charge in [-0.3, -0.25) is 0 Å². The zero-order valence-electron chi connectivity index (χ0n) is 11.8. The average molecular weight is 277 g/mol. The zero-order chi connectivity index (χ0) is 15.1. The van der Waals surface area contributed by atoms with Crippen LogP contribution in [-0.2, 0) is 4.74 Å². The predicted octanol–water partition coefficient (Wildman–Crippen LogP) is 1.90. The quantitative estimate of drug-likeness (QED) is 0.768. The highest BCUT2D eigenvalue weighted by atomic mass is 19.1. The van der Waals surface area contributed by atoms with Crippen molar-refractivity contribution in [2.75, 3.05) is 26.8 Å². The average Bonchev–Trinajstić information content (AvgIpc) is 2.88. The Balaban J connectivity index is 0. The largest absolute Gasteiger partial charge is 0.392 e. The van der Waals surface area contributed by atoms with Gasteiger partial charge in [-0.15, -0.1) is 0 Å². The van der Waals surface area contributed by atoms with E-state index >= 15 is 0 Å². The van der Waals surface area contributed by atoms with Crippen molar-refractivity contribution in [2.24, 2.45) is 0 Å². The van der Waals surface area contributed by atoms with Crippen LogP contribution < -0.4 is 5.32 Å². The molecule has 6 heteroatoms. The van der Waals surface area contributed by atoms with Crippen molar-refractivity contribution >= 4 is 0 Å². The van der Waals surface area contributed by atoms with Gasteiger partial charge in [0, 0.05) is 30.1 Å². The van der Waals surface area contributed by atoms with Crippen LogP contribution in [0.1, 0.15) is 20.3 Å². The monoisotopic (exact) mass is 277 g/mol. The molecule has 1 aliphatic heterocycles. The van der Waals surface area contributed by atoms with E-state index in [1.165, 1.54) is 7.11 Å². The van der Waals surface area contributed by atoms with E-state index in [-0.39, 0.29) is 12.7 Å². The fourth-order valence-electron chi connectivity index (χ4n) is 1.37. The predicted molar refractivity (Wildman–Crippen MR) is 75.6 cm³/mol. The summed E-state index contributed by atoms with van der Waals surface area (Å²) >= 11 is 0. The number of halogens is 1. The van der Waals surface area contributed by atoms with Crippen LogP contribution in [0.5, 0.6) is 0 Å². The first-order valence-corrected chi connectivity index (χ1v) is 6.15. The molecule has 1 rings (SSSR count). The van der Waals surface area contributed by atoms with Crippen molar-refractivity contribution in [2.45, 2.75) is 32.5 Å². The van der Waals surface area contributed by atoms with Crippen LogP contribution >= 0.6 is 0 Å². The van der Waals surface area contributed by atoms with Gasteiger partial charge < -0.3 is 15.2 Å². The molecule has 1 saturated heterocycles. The van der Waals surface area contributed by atoms with E-state index in [0.717, 1.165) is 12.0 Å². The first kappa shape index (κ1) is 20.2. The third-order valence-electron chi connectivity index (χ3n) is 2.57. The molecule has 0 saturated carbocycles. The topological polar surface area (TPSA) is 75.6 Å².